The second-order valence-electron chi connectivity index (χ2n) is 7.28. The quantitative estimate of drug-likeness (QED) is 0.481. The zero-order chi connectivity index (χ0) is 21.6. The average molecular weight is 412 g/mol. The molecule has 0 bridgehead atoms. The van der Waals surface area contributed by atoms with Crippen molar-refractivity contribution >= 4 is 17.5 Å². The van der Waals surface area contributed by atoms with Crippen LogP contribution >= 0.6 is 0 Å². The van der Waals surface area contributed by atoms with Crippen molar-refractivity contribution in [2.24, 2.45) is 7.05 Å². The van der Waals surface area contributed by atoms with Gasteiger partial charge in [-0.25, -0.2) is 9.97 Å². The molecule has 0 aliphatic heterocycles. The molecule has 156 valence electrons. The molecule has 0 aliphatic rings. The highest BCUT2D eigenvalue weighted by Gasteiger charge is 2.10. The maximum Gasteiger partial charge on any atom is 0.251 e. The van der Waals surface area contributed by atoms with E-state index in [1.807, 2.05) is 62.6 Å². The fourth-order valence-corrected chi connectivity index (χ4v) is 3.27. The summed E-state index contributed by atoms with van der Waals surface area (Å²) >= 11 is 0. The lowest BCUT2D eigenvalue weighted by atomic mass is 10.1. The Kier molecular flexibility index (Phi) is 6.03. The minimum absolute atomic E-state index is 0.109. The summed E-state index contributed by atoms with van der Waals surface area (Å²) < 4.78 is 2.06. The van der Waals surface area contributed by atoms with Crippen molar-refractivity contribution in [2.75, 3.05) is 11.9 Å². The lowest BCUT2D eigenvalue weighted by Gasteiger charge is -2.12. The van der Waals surface area contributed by atoms with Gasteiger partial charge in [0.05, 0.1) is 5.69 Å². The first-order chi connectivity index (χ1) is 15.1. The predicted molar refractivity (Wildman–Crippen MR) is 121 cm³/mol. The third-order valence-corrected chi connectivity index (χ3v) is 5.08. The van der Waals surface area contributed by atoms with E-state index in [0.29, 0.717) is 18.1 Å². The van der Waals surface area contributed by atoms with E-state index in [-0.39, 0.29) is 5.91 Å². The second-order valence-corrected chi connectivity index (χ2v) is 7.28. The van der Waals surface area contributed by atoms with Gasteiger partial charge in [-0.05, 0) is 55.0 Å². The molecular formula is C24H24N6O. The van der Waals surface area contributed by atoms with Crippen LogP contribution in [0.5, 0.6) is 0 Å². The number of anilines is 2. The highest BCUT2D eigenvalue weighted by molar-refractivity contribution is 5.95. The number of aryl methyl sites for hydroxylation is 2. The van der Waals surface area contributed by atoms with E-state index in [1.54, 1.807) is 18.6 Å². The van der Waals surface area contributed by atoms with Gasteiger partial charge in [-0.3, -0.25) is 9.78 Å². The summed E-state index contributed by atoms with van der Waals surface area (Å²) in [4.78, 5) is 25.7. The molecule has 0 atom stereocenters. The monoisotopic (exact) mass is 412 g/mol. The number of benzene rings is 1. The SMILES string of the molecule is Cc1ccc(C(=O)NCCc2cccn2C)cc1Nc1nccc(-c2cccnc2)n1. The Balaban J connectivity index is 1.45. The predicted octanol–water partition coefficient (Wildman–Crippen LogP) is 3.90. The maximum atomic E-state index is 12.6. The largest absolute Gasteiger partial charge is 0.354 e. The van der Waals surface area contributed by atoms with E-state index in [9.17, 15) is 4.79 Å². The minimum Gasteiger partial charge on any atom is -0.354 e. The van der Waals surface area contributed by atoms with Gasteiger partial charge in [0.1, 0.15) is 0 Å². The number of carbonyl (C=O) groups excluding carboxylic acids is 1. The smallest absolute Gasteiger partial charge is 0.251 e. The molecule has 0 unspecified atom stereocenters. The van der Waals surface area contributed by atoms with Gasteiger partial charge in [0.25, 0.3) is 5.91 Å². The molecular weight excluding hydrogens is 388 g/mol. The average Bonchev–Trinajstić information content (AvgIpc) is 3.20. The van der Waals surface area contributed by atoms with Crippen LogP contribution in [-0.2, 0) is 13.5 Å². The summed E-state index contributed by atoms with van der Waals surface area (Å²) in [6.07, 6.45) is 7.97. The van der Waals surface area contributed by atoms with Crippen LogP contribution in [0.25, 0.3) is 11.3 Å². The summed E-state index contributed by atoms with van der Waals surface area (Å²) in [7, 11) is 2.00. The molecule has 7 nitrogen and oxygen atoms in total. The molecule has 1 amide bonds. The van der Waals surface area contributed by atoms with Crippen molar-refractivity contribution in [3.05, 3.63) is 90.1 Å². The Labute approximate surface area is 181 Å². The molecule has 7 heteroatoms. The maximum absolute atomic E-state index is 12.6. The fraction of sp³-hybridized carbons (Fsp3) is 0.167. The van der Waals surface area contributed by atoms with E-state index >= 15 is 0 Å². The van der Waals surface area contributed by atoms with Crippen molar-refractivity contribution in [2.45, 2.75) is 13.3 Å². The van der Waals surface area contributed by atoms with Gasteiger partial charge in [0.2, 0.25) is 5.95 Å². The topological polar surface area (TPSA) is 84.7 Å². The summed E-state index contributed by atoms with van der Waals surface area (Å²) in [5.74, 6) is 0.355. The number of hydrogen-bond donors (Lipinski definition) is 2. The number of hydrogen-bond acceptors (Lipinski definition) is 5. The first kappa shape index (κ1) is 20.3. The molecule has 0 radical (unpaired) electrons. The van der Waals surface area contributed by atoms with Gasteiger partial charge in [-0.15, -0.1) is 0 Å². The highest BCUT2D eigenvalue weighted by atomic mass is 16.1. The first-order valence-electron chi connectivity index (χ1n) is 10.1. The molecule has 0 saturated carbocycles. The van der Waals surface area contributed by atoms with Crippen LogP contribution in [0.3, 0.4) is 0 Å². The van der Waals surface area contributed by atoms with E-state index in [4.69, 9.17) is 0 Å². The van der Waals surface area contributed by atoms with E-state index in [0.717, 1.165) is 28.9 Å². The highest BCUT2D eigenvalue weighted by Crippen LogP contribution is 2.22. The van der Waals surface area contributed by atoms with Crippen LogP contribution in [0.2, 0.25) is 0 Å². The molecule has 4 rings (SSSR count). The van der Waals surface area contributed by atoms with Gasteiger partial charge in [0.15, 0.2) is 0 Å². The summed E-state index contributed by atoms with van der Waals surface area (Å²) in [6, 6.07) is 15.3. The van der Waals surface area contributed by atoms with Crippen LogP contribution in [-0.4, -0.2) is 32.0 Å². The summed E-state index contributed by atoms with van der Waals surface area (Å²) in [5.41, 5.74) is 5.24. The molecule has 1 aromatic carbocycles. The number of carbonyl (C=O) groups is 1. The second kappa shape index (κ2) is 9.21. The van der Waals surface area contributed by atoms with Crippen molar-refractivity contribution in [1.29, 1.82) is 0 Å². The molecule has 4 aromatic rings. The normalized spacial score (nSPS) is 10.6. The van der Waals surface area contributed by atoms with Gasteiger partial charge in [0, 0.05) is 67.3 Å². The molecule has 0 saturated heterocycles. The third-order valence-electron chi connectivity index (χ3n) is 5.08. The molecule has 3 aromatic heterocycles. The van der Waals surface area contributed by atoms with E-state index in [2.05, 4.69) is 36.2 Å². The molecule has 0 aliphatic carbocycles. The molecule has 3 heterocycles. The number of nitrogens with one attached hydrogen (secondary N) is 2. The Morgan fingerprint density at radius 2 is 2.00 bits per heavy atom. The standard InChI is InChI=1S/C24H24N6O/c1-17-7-8-18(23(31)26-12-9-20-6-4-14-30(20)2)15-22(17)29-24-27-13-10-21(28-24)19-5-3-11-25-16-19/h3-8,10-11,13-16H,9,12H2,1-2H3,(H,26,31)(H,27,28,29). The fourth-order valence-electron chi connectivity index (χ4n) is 3.27. The molecule has 31 heavy (non-hydrogen) atoms. The van der Waals surface area contributed by atoms with Gasteiger partial charge < -0.3 is 15.2 Å². The van der Waals surface area contributed by atoms with Crippen LogP contribution in [0.4, 0.5) is 11.6 Å². The third kappa shape index (κ3) is 4.95. The Morgan fingerprint density at radius 1 is 1.10 bits per heavy atom. The Morgan fingerprint density at radius 3 is 2.77 bits per heavy atom. The zero-order valence-corrected chi connectivity index (χ0v) is 17.5. The van der Waals surface area contributed by atoms with Crippen LogP contribution in [0.15, 0.2) is 73.3 Å². The van der Waals surface area contributed by atoms with Gasteiger partial charge >= 0.3 is 0 Å². The number of amides is 1. The molecule has 0 fully saturated rings. The number of rotatable bonds is 7. The van der Waals surface area contributed by atoms with E-state index < -0.39 is 0 Å². The van der Waals surface area contributed by atoms with Crippen molar-refractivity contribution in [1.82, 2.24) is 24.8 Å². The van der Waals surface area contributed by atoms with Crippen LogP contribution in [0.1, 0.15) is 21.6 Å². The van der Waals surface area contributed by atoms with Crippen molar-refractivity contribution in [3.63, 3.8) is 0 Å². The Hall–Kier alpha value is -4.00. The summed E-state index contributed by atoms with van der Waals surface area (Å²) in [5, 5.41) is 6.22. The molecule has 2 N–H and O–H groups in total. The number of pyridine rings is 1. The first-order valence-corrected chi connectivity index (χ1v) is 10.1. The van der Waals surface area contributed by atoms with Gasteiger partial charge in [-0.2, -0.15) is 0 Å². The minimum atomic E-state index is -0.109. The van der Waals surface area contributed by atoms with Crippen molar-refractivity contribution < 1.29 is 4.79 Å². The van der Waals surface area contributed by atoms with Crippen LogP contribution in [0, 0.1) is 6.92 Å². The zero-order valence-electron chi connectivity index (χ0n) is 17.5. The lowest BCUT2D eigenvalue weighted by molar-refractivity contribution is 0.0954. The van der Waals surface area contributed by atoms with Crippen molar-refractivity contribution in [3.8, 4) is 11.3 Å². The number of aromatic nitrogens is 4. The molecule has 0 spiro atoms. The lowest BCUT2D eigenvalue weighted by Crippen LogP contribution is -2.26. The van der Waals surface area contributed by atoms with Gasteiger partial charge in [-0.1, -0.05) is 6.07 Å². The van der Waals surface area contributed by atoms with Crippen LogP contribution < -0.4 is 10.6 Å². The summed E-state index contributed by atoms with van der Waals surface area (Å²) in [6.45, 7) is 2.55. The Bertz CT molecular complexity index is 1190. The van der Waals surface area contributed by atoms with E-state index in [1.165, 1.54) is 5.69 Å². The number of nitrogens with zero attached hydrogens (tertiary/aromatic N) is 4.